The van der Waals surface area contributed by atoms with Crippen molar-refractivity contribution < 1.29 is 24.1 Å². The van der Waals surface area contributed by atoms with Gasteiger partial charge in [0.1, 0.15) is 39.5 Å². The van der Waals surface area contributed by atoms with E-state index in [0.29, 0.717) is 28.9 Å². The lowest BCUT2D eigenvalue weighted by Gasteiger charge is -2.22. The van der Waals surface area contributed by atoms with E-state index in [4.69, 9.17) is 13.9 Å². The van der Waals surface area contributed by atoms with Crippen LogP contribution >= 0.6 is 0 Å². The van der Waals surface area contributed by atoms with Gasteiger partial charge in [-0.05, 0) is 33.3 Å². The summed E-state index contributed by atoms with van der Waals surface area (Å²) in [6, 6.07) is 3.12. The fourth-order valence-electron chi connectivity index (χ4n) is 4.06. The van der Waals surface area contributed by atoms with Gasteiger partial charge < -0.3 is 24.1 Å². The molecule has 0 bridgehead atoms. The molecule has 30 heavy (non-hydrogen) atoms. The minimum absolute atomic E-state index is 0.0454. The molecule has 2 heterocycles. The Labute approximate surface area is 174 Å². The summed E-state index contributed by atoms with van der Waals surface area (Å²) in [5.41, 5.74) is 2.16. The highest BCUT2D eigenvalue weighted by Gasteiger charge is 2.42. The molecule has 158 valence electrons. The van der Waals surface area contributed by atoms with Gasteiger partial charge in [-0.1, -0.05) is 25.5 Å². The van der Waals surface area contributed by atoms with Crippen molar-refractivity contribution in [1.82, 2.24) is 0 Å². The van der Waals surface area contributed by atoms with E-state index < -0.39 is 10.8 Å². The molecule has 1 aromatic heterocycles. The van der Waals surface area contributed by atoms with E-state index in [-0.39, 0.29) is 34.1 Å². The van der Waals surface area contributed by atoms with E-state index in [2.05, 4.69) is 0 Å². The molecule has 6 nitrogen and oxygen atoms in total. The monoisotopic (exact) mass is 410 g/mol. The number of hydrogen-bond donors (Lipinski definition) is 2. The molecule has 0 saturated heterocycles. The first-order valence-electron chi connectivity index (χ1n) is 9.93. The summed E-state index contributed by atoms with van der Waals surface area (Å²) in [7, 11) is 1.39. The molecule has 0 fully saturated rings. The second-order valence-electron chi connectivity index (χ2n) is 8.66. The van der Waals surface area contributed by atoms with Crippen molar-refractivity contribution in [3.63, 3.8) is 0 Å². The third kappa shape index (κ3) is 2.74. The van der Waals surface area contributed by atoms with Crippen LogP contribution in [0.5, 0.6) is 23.0 Å². The molecule has 1 atom stereocenters. The summed E-state index contributed by atoms with van der Waals surface area (Å²) in [6.45, 7) is 9.92. The van der Waals surface area contributed by atoms with Crippen molar-refractivity contribution in [3.8, 4) is 23.0 Å². The summed E-state index contributed by atoms with van der Waals surface area (Å²) in [6.07, 6.45) is 2.29. The highest BCUT2D eigenvalue weighted by molar-refractivity contribution is 6.00. The Kier molecular flexibility index (Phi) is 4.49. The quantitative estimate of drug-likeness (QED) is 0.470. The molecule has 0 spiro atoms. The van der Waals surface area contributed by atoms with Gasteiger partial charge in [0.05, 0.1) is 7.11 Å². The summed E-state index contributed by atoms with van der Waals surface area (Å²) >= 11 is 0. The number of benzene rings is 2. The van der Waals surface area contributed by atoms with E-state index in [1.54, 1.807) is 6.07 Å². The van der Waals surface area contributed by atoms with Crippen LogP contribution in [0.15, 0.2) is 33.0 Å². The van der Waals surface area contributed by atoms with E-state index in [0.717, 1.165) is 11.1 Å². The second-order valence-corrected chi connectivity index (χ2v) is 8.66. The predicted octanol–water partition coefficient (Wildman–Crippen LogP) is 4.93. The molecule has 0 saturated carbocycles. The zero-order chi connectivity index (χ0) is 22.0. The zero-order valence-corrected chi connectivity index (χ0v) is 18.0. The minimum atomic E-state index is -0.456. The van der Waals surface area contributed by atoms with Crippen LogP contribution in [0, 0.1) is 0 Å². The molecule has 0 aliphatic carbocycles. The van der Waals surface area contributed by atoms with Gasteiger partial charge in [0.25, 0.3) is 0 Å². The predicted molar refractivity (Wildman–Crippen MR) is 116 cm³/mol. The number of methoxy groups -OCH3 is 1. The van der Waals surface area contributed by atoms with Crippen molar-refractivity contribution in [2.24, 2.45) is 0 Å². The van der Waals surface area contributed by atoms with Crippen molar-refractivity contribution in [3.05, 3.63) is 45.1 Å². The molecule has 0 radical (unpaired) electrons. The van der Waals surface area contributed by atoms with Crippen LogP contribution in [-0.2, 0) is 11.8 Å². The molecule has 0 amide bonds. The Balaban J connectivity index is 2.16. The number of hydrogen-bond acceptors (Lipinski definition) is 6. The Morgan fingerprint density at radius 2 is 1.93 bits per heavy atom. The maximum atomic E-state index is 13.4. The number of rotatable bonds is 3. The lowest BCUT2D eigenvalue weighted by Crippen LogP contribution is -2.29. The van der Waals surface area contributed by atoms with Crippen molar-refractivity contribution in [2.75, 3.05) is 7.11 Å². The Hall–Kier alpha value is -3.15. The highest BCUT2D eigenvalue weighted by Crippen LogP contribution is 2.49. The van der Waals surface area contributed by atoms with E-state index in [1.165, 1.54) is 13.2 Å². The molecule has 1 aliphatic heterocycles. The van der Waals surface area contributed by atoms with Gasteiger partial charge in [-0.25, -0.2) is 0 Å². The molecule has 1 aliphatic rings. The molecule has 2 N–H and O–H groups in total. The standard InChI is InChI=1S/C24H26O6/c1-11(2)7-8-13-9-15-18(23(28-6)20(13)26)21(27)17-14(25)10-16-19(22(17)30-15)24(4,5)12(3)29-16/h7,9-10,12,25-26H,8H2,1-6H3/t12-/m0/s1. The summed E-state index contributed by atoms with van der Waals surface area (Å²) in [5, 5.41) is 21.5. The second kappa shape index (κ2) is 6.69. The van der Waals surface area contributed by atoms with Gasteiger partial charge in [-0.15, -0.1) is 0 Å². The van der Waals surface area contributed by atoms with Crippen LogP contribution < -0.4 is 14.9 Å². The smallest absolute Gasteiger partial charge is 0.208 e. The Morgan fingerprint density at radius 3 is 2.57 bits per heavy atom. The summed E-state index contributed by atoms with van der Waals surface area (Å²) in [4.78, 5) is 13.4. The fourth-order valence-corrected chi connectivity index (χ4v) is 4.06. The molecule has 3 aromatic rings. The third-order valence-corrected chi connectivity index (χ3v) is 6.09. The number of allylic oxidation sites excluding steroid dienone is 2. The minimum Gasteiger partial charge on any atom is -0.507 e. The zero-order valence-electron chi connectivity index (χ0n) is 18.0. The first-order chi connectivity index (χ1) is 14.1. The Morgan fingerprint density at radius 1 is 1.23 bits per heavy atom. The molecule has 2 aromatic carbocycles. The third-order valence-electron chi connectivity index (χ3n) is 6.09. The first kappa shape index (κ1) is 20.1. The molecule has 4 rings (SSSR count). The van der Waals surface area contributed by atoms with Crippen LogP contribution in [0.2, 0.25) is 0 Å². The normalized spacial score (nSPS) is 17.1. The summed E-state index contributed by atoms with van der Waals surface area (Å²) in [5.74, 6) is 0.228. The van der Waals surface area contributed by atoms with Gasteiger partial charge >= 0.3 is 0 Å². The van der Waals surface area contributed by atoms with Gasteiger partial charge in [0.2, 0.25) is 5.43 Å². The molecule has 0 unspecified atom stereocenters. The topological polar surface area (TPSA) is 89.1 Å². The van der Waals surface area contributed by atoms with E-state index in [1.807, 2.05) is 40.7 Å². The van der Waals surface area contributed by atoms with Crippen LogP contribution in [0.4, 0.5) is 0 Å². The van der Waals surface area contributed by atoms with Crippen LogP contribution in [0.3, 0.4) is 0 Å². The lowest BCUT2D eigenvalue weighted by molar-refractivity contribution is 0.185. The van der Waals surface area contributed by atoms with Crippen LogP contribution in [0.25, 0.3) is 21.9 Å². The van der Waals surface area contributed by atoms with Gasteiger partial charge in [-0.2, -0.15) is 0 Å². The number of phenolic OH excluding ortho intramolecular Hbond substituents is 2. The maximum absolute atomic E-state index is 13.4. The van der Waals surface area contributed by atoms with Crippen LogP contribution in [-0.4, -0.2) is 23.4 Å². The number of ether oxygens (including phenoxy) is 2. The Bertz CT molecular complexity index is 1280. The average molecular weight is 410 g/mol. The number of phenols is 2. The SMILES string of the molecule is COc1c(O)c(CC=C(C)C)cc2oc3c4c(cc(O)c3c(=O)c12)O[C@@H](C)C4(C)C. The summed E-state index contributed by atoms with van der Waals surface area (Å²) < 4.78 is 17.5. The van der Waals surface area contributed by atoms with Crippen LogP contribution in [0.1, 0.15) is 45.7 Å². The van der Waals surface area contributed by atoms with Crippen molar-refractivity contribution >= 4 is 21.9 Å². The van der Waals surface area contributed by atoms with E-state index in [9.17, 15) is 15.0 Å². The number of fused-ring (bicyclic) bond motifs is 4. The first-order valence-corrected chi connectivity index (χ1v) is 9.93. The average Bonchev–Trinajstić information content (AvgIpc) is 2.88. The highest BCUT2D eigenvalue weighted by atomic mass is 16.5. The van der Waals surface area contributed by atoms with Crippen molar-refractivity contribution in [2.45, 2.75) is 52.6 Å². The molecular weight excluding hydrogens is 384 g/mol. The largest absolute Gasteiger partial charge is 0.507 e. The fraction of sp³-hybridized carbons (Fsp3) is 0.375. The lowest BCUT2D eigenvalue weighted by atomic mass is 9.81. The van der Waals surface area contributed by atoms with Gasteiger partial charge in [0.15, 0.2) is 11.5 Å². The van der Waals surface area contributed by atoms with Crippen molar-refractivity contribution in [1.29, 1.82) is 0 Å². The molecule has 6 heteroatoms. The number of aromatic hydroxyl groups is 2. The molecular formula is C24H26O6. The maximum Gasteiger partial charge on any atom is 0.208 e. The van der Waals surface area contributed by atoms with Gasteiger partial charge in [0, 0.05) is 22.6 Å². The van der Waals surface area contributed by atoms with Gasteiger partial charge in [-0.3, -0.25) is 4.79 Å². The van der Waals surface area contributed by atoms with E-state index >= 15 is 0 Å².